The van der Waals surface area contributed by atoms with Gasteiger partial charge in [-0.25, -0.2) is 4.39 Å². The van der Waals surface area contributed by atoms with Crippen LogP contribution in [0.2, 0.25) is 0 Å². The number of rotatable bonds is 2. The zero-order chi connectivity index (χ0) is 16.4. The highest BCUT2D eigenvalue weighted by molar-refractivity contribution is 9.10. The Morgan fingerprint density at radius 1 is 1.35 bits per heavy atom. The van der Waals surface area contributed by atoms with Crippen molar-refractivity contribution in [2.75, 3.05) is 32.7 Å². The first kappa shape index (κ1) is 16.4. The van der Waals surface area contributed by atoms with Gasteiger partial charge in [-0.15, -0.1) is 0 Å². The van der Waals surface area contributed by atoms with Crippen molar-refractivity contribution in [1.29, 1.82) is 0 Å². The van der Waals surface area contributed by atoms with Crippen LogP contribution < -0.4 is 5.32 Å². The van der Waals surface area contributed by atoms with Gasteiger partial charge >= 0.3 is 0 Å². The van der Waals surface area contributed by atoms with Crippen LogP contribution in [0.25, 0.3) is 0 Å². The highest BCUT2D eigenvalue weighted by Crippen LogP contribution is 2.21. The predicted molar refractivity (Wildman–Crippen MR) is 87.6 cm³/mol. The smallest absolute Gasteiger partial charge is 0.254 e. The van der Waals surface area contributed by atoms with Gasteiger partial charge in [0.05, 0.1) is 11.0 Å². The van der Waals surface area contributed by atoms with Crippen LogP contribution >= 0.6 is 15.9 Å². The third-order valence-corrected chi connectivity index (χ3v) is 5.06. The lowest BCUT2D eigenvalue weighted by molar-refractivity contribution is -0.135. The van der Waals surface area contributed by atoms with Crippen LogP contribution in [0, 0.1) is 5.82 Å². The van der Waals surface area contributed by atoms with E-state index in [1.54, 1.807) is 17.0 Å². The van der Waals surface area contributed by atoms with Crippen LogP contribution in [0.1, 0.15) is 23.2 Å². The van der Waals surface area contributed by atoms with Gasteiger partial charge in [-0.1, -0.05) is 0 Å². The summed E-state index contributed by atoms with van der Waals surface area (Å²) in [6.45, 7) is 2.99. The van der Waals surface area contributed by atoms with Crippen LogP contribution in [0.4, 0.5) is 4.39 Å². The Labute approximate surface area is 142 Å². The Hall–Kier alpha value is -1.47. The van der Waals surface area contributed by atoms with Crippen LogP contribution in [0.3, 0.4) is 0 Å². The topological polar surface area (TPSA) is 52.7 Å². The molecule has 1 aromatic carbocycles. The van der Waals surface area contributed by atoms with Crippen LogP contribution in [-0.2, 0) is 4.79 Å². The second kappa shape index (κ2) is 6.97. The number of piperazine rings is 1. The average molecular weight is 384 g/mol. The van der Waals surface area contributed by atoms with Gasteiger partial charge in [0.1, 0.15) is 5.82 Å². The third-order valence-electron chi connectivity index (χ3n) is 4.42. The number of amides is 2. The monoisotopic (exact) mass is 383 g/mol. The van der Waals surface area contributed by atoms with Gasteiger partial charge in [0.2, 0.25) is 5.91 Å². The molecule has 7 heteroatoms. The summed E-state index contributed by atoms with van der Waals surface area (Å²) in [5.41, 5.74) is 0.345. The summed E-state index contributed by atoms with van der Waals surface area (Å²) in [5, 5.41) is 3.06. The van der Waals surface area contributed by atoms with Crippen molar-refractivity contribution in [3.05, 3.63) is 34.1 Å². The number of nitrogens with zero attached hydrogens (tertiary/aromatic N) is 2. The lowest BCUT2D eigenvalue weighted by Crippen LogP contribution is -2.57. The van der Waals surface area contributed by atoms with Gasteiger partial charge in [-0.3, -0.25) is 9.59 Å². The molecule has 0 radical (unpaired) electrons. The fourth-order valence-electron chi connectivity index (χ4n) is 3.21. The van der Waals surface area contributed by atoms with Crippen LogP contribution in [0.5, 0.6) is 0 Å². The molecule has 1 N–H and O–H groups in total. The average Bonchev–Trinajstić information content (AvgIpc) is 2.57. The second-order valence-electron chi connectivity index (χ2n) is 5.94. The number of carbonyl (C=O) groups excluding carboxylic acids is 2. The first-order valence-corrected chi connectivity index (χ1v) is 8.60. The maximum atomic E-state index is 13.6. The van der Waals surface area contributed by atoms with Crippen molar-refractivity contribution in [3.63, 3.8) is 0 Å². The van der Waals surface area contributed by atoms with E-state index in [0.717, 1.165) is 19.4 Å². The molecule has 0 aliphatic carbocycles. The number of likely N-dealkylation sites (tertiary alicyclic amines) is 1. The molecule has 1 unspecified atom stereocenters. The molecule has 2 aliphatic heterocycles. The summed E-state index contributed by atoms with van der Waals surface area (Å²) in [6, 6.07) is 4.48. The molecule has 1 aromatic rings. The van der Waals surface area contributed by atoms with Gasteiger partial charge in [0, 0.05) is 37.8 Å². The molecule has 124 valence electrons. The van der Waals surface area contributed by atoms with Gasteiger partial charge in [-0.2, -0.15) is 0 Å². The van der Waals surface area contributed by atoms with E-state index < -0.39 is 5.82 Å². The number of nitrogens with one attached hydrogen (secondary N) is 1. The summed E-state index contributed by atoms with van der Waals surface area (Å²) >= 11 is 3.09. The van der Waals surface area contributed by atoms with Gasteiger partial charge in [-0.05, 0) is 47.0 Å². The molecule has 1 atom stereocenters. The maximum absolute atomic E-state index is 13.6. The minimum absolute atomic E-state index is 0.0580. The molecule has 2 amide bonds. The fraction of sp³-hybridized carbons (Fsp3) is 0.500. The lowest BCUT2D eigenvalue weighted by Gasteiger charge is -2.41. The fourth-order valence-corrected chi connectivity index (χ4v) is 3.46. The van der Waals surface area contributed by atoms with Crippen molar-refractivity contribution >= 4 is 27.7 Å². The third kappa shape index (κ3) is 3.55. The summed E-state index contributed by atoms with van der Waals surface area (Å²) < 4.78 is 14.0. The Kier molecular flexibility index (Phi) is 4.96. The highest BCUT2D eigenvalue weighted by Gasteiger charge is 2.32. The van der Waals surface area contributed by atoms with Gasteiger partial charge in [0.15, 0.2) is 0 Å². The number of carbonyl (C=O) groups is 2. The molecule has 0 saturated carbocycles. The highest BCUT2D eigenvalue weighted by atomic mass is 79.9. The van der Waals surface area contributed by atoms with E-state index in [1.165, 1.54) is 6.07 Å². The zero-order valence-electron chi connectivity index (χ0n) is 12.7. The molecule has 2 fully saturated rings. The number of halogens is 2. The number of hydrogen-bond acceptors (Lipinski definition) is 3. The van der Waals surface area contributed by atoms with Crippen molar-refractivity contribution in [2.45, 2.75) is 18.9 Å². The number of benzene rings is 1. The number of hydrogen-bond donors (Lipinski definition) is 1. The summed E-state index contributed by atoms with van der Waals surface area (Å²) in [4.78, 5) is 28.2. The largest absolute Gasteiger partial charge is 0.337 e. The van der Waals surface area contributed by atoms with Crippen LogP contribution in [0.15, 0.2) is 22.7 Å². The molecule has 2 saturated heterocycles. The maximum Gasteiger partial charge on any atom is 0.254 e. The quantitative estimate of drug-likeness (QED) is 0.844. The van der Waals surface area contributed by atoms with Crippen molar-refractivity contribution in [3.8, 4) is 0 Å². The predicted octanol–water partition coefficient (Wildman–Crippen LogP) is 1.62. The molecule has 0 aromatic heterocycles. The molecule has 5 nitrogen and oxygen atoms in total. The zero-order valence-corrected chi connectivity index (χ0v) is 14.3. The van der Waals surface area contributed by atoms with E-state index in [2.05, 4.69) is 21.2 Å². The molecular weight excluding hydrogens is 365 g/mol. The summed E-state index contributed by atoms with van der Waals surface area (Å²) in [6.07, 6.45) is 1.76. The minimum atomic E-state index is -0.443. The Bertz CT molecular complexity index is 625. The Morgan fingerprint density at radius 3 is 2.91 bits per heavy atom. The molecule has 0 spiro atoms. The van der Waals surface area contributed by atoms with E-state index in [9.17, 15) is 14.0 Å². The SMILES string of the molecule is O=C(c1ccc(Br)c(F)c1)N1CCCC(N2CCNCC2=O)C1. The first-order valence-electron chi connectivity index (χ1n) is 7.81. The Balaban J connectivity index is 1.71. The first-order chi connectivity index (χ1) is 11.1. The van der Waals surface area contributed by atoms with E-state index in [-0.39, 0.29) is 17.9 Å². The molecular formula is C16H19BrFN3O2. The standard InChI is InChI=1S/C16H19BrFN3O2/c17-13-4-3-11(8-14(13)18)16(23)20-6-1-2-12(10-20)21-7-5-19-9-15(21)22/h3-4,8,12,19H,1-2,5-7,9-10H2. The van der Waals surface area contributed by atoms with Crippen molar-refractivity contribution in [1.82, 2.24) is 15.1 Å². The number of piperidine rings is 1. The van der Waals surface area contributed by atoms with E-state index in [0.29, 0.717) is 36.2 Å². The molecule has 23 heavy (non-hydrogen) atoms. The molecule has 2 heterocycles. The van der Waals surface area contributed by atoms with E-state index >= 15 is 0 Å². The molecule has 0 bridgehead atoms. The van der Waals surface area contributed by atoms with Gasteiger partial charge < -0.3 is 15.1 Å². The molecule has 3 rings (SSSR count). The molecule has 2 aliphatic rings. The van der Waals surface area contributed by atoms with Crippen LogP contribution in [-0.4, -0.2) is 60.4 Å². The second-order valence-corrected chi connectivity index (χ2v) is 6.79. The lowest BCUT2D eigenvalue weighted by atomic mass is 10.0. The normalized spacial score (nSPS) is 22.3. The van der Waals surface area contributed by atoms with Gasteiger partial charge in [0.25, 0.3) is 5.91 Å². The minimum Gasteiger partial charge on any atom is -0.337 e. The van der Waals surface area contributed by atoms with Crippen molar-refractivity contribution < 1.29 is 14.0 Å². The summed E-state index contributed by atoms with van der Waals surface area (Å²) in [7, 11) is 0. The van der Waals surface area contributed by atoms with Crippen molar-refractivity contribution in [2.24, 2.45) is 0 Å². The van der Waals surface area contributed by atoms with E-state index in [1.807, 2.05) is 4.90 Å². The van der Waals surface area contributed by atoms with E-state index in [4.69, 9.17) is 0 Å². The summed E-state index contributed by atoms with van der Waals surface area (Å²) in [5.74, 6) is -0.532. The Morgan fingerprint density at radius 2 is 2.17 bits per heavy atom.